The number of nitrogens with zero attached hydrogens (tertiary/aromatic N) is 1. The van der Waals surface area contributed by atoms with E-state index >= 15 is 0 Å². The number of benzene rings is 1. The van der Waals surface area contributed by atoms with Gasteiger partial charge in [0.1, 0.15) is 12.4 Å². The second-order valence-electron chi connectivity index (χ2n) is 4.67. The number of nitrogens with one attached hydrogen (secondary N) is 1. The summed E-state index contributed by atoms with van der Waals surface area (Å²) < 4.78 is 5.93. The molecular weight excluding hydrogens is 236 g/mol. The molecule has 3 nitrogen and oxygen atoms in total. The number of likely N-dealkylation sites (N-methyl/N-ethyl adjacent to an activating group) is 1. The van der Waals surface area contributed by atoms with Crippen molar-refractivity contribution in [3.8, 4) is 5.75 Å². The number of para-hydroxylation sites is 1. The van der Waals surface area contributed by atoms with Crippen LogP contribution < -0.4 is 10.1 Å². The van der Waals surface area contributed by atoms with Crippen molar-refractivity contribution in [1.29, 1.82) is 0 Å². The lowest BCUT2D eigenvalue weighted by atomic mass is 10.2. The first-order valence-corrected chi connectivity index (χ1v) is 7.45. The Balaban J connectivity index is 2.43. The van der Waals surface area contributed by atoms with Gasteiger partial charge in [0, 0.05) is 18.7 Å². The maximum Gasteiger partial charge on any atom is 0.123 e. The van der Waals surface area contributed by atoms with E-state index in [9.17, 15) is 0 Å². The van der Waals surface area contributed by atoms with Crippen LogP contribution in [-0.2, 0) is 6.54 Å². The Labute approximate surface area is 118 Å². The first-order valence-electron chi connectivity index (χ1n) is 7.45. The van der Waals surface area contributed by atoms with Crippen LogP contribution in [0.3, 0.4) is 0 Å². The maximum absolute atomic E-state index is 5.93. The molecule has 0 spiro atoms. The monoisotopic (exact) mass is 264 g/mol. The van der Waals surface area contributed by atoms with Gasteiger partial charge in [0.15, 0.2) is 0 Å². The molecule has 0 heterocycles. The number of ether oxygens (including phenoxy) is 1. The quantitative estimate of drug-likeness (QED) is 0.703. The molecule has 0 radical (unpaired) electrons. The van der Waals surface area contributed by atoms with Crippen LogP contribution in [0.15, 0.2) is 24.3 Å². The highest BCUT2D eigenvalue weighted by Crippen LogP contribution is 2.17. The molecule has 1 rings (SSSR count). The van der Waals surface area contributed by atoms with Gasteiger partial charge in [-0.1, -0.05) is 39.0 Å². The second kappa shape index (κ2) is 9.82. The van der Waals surface area contributed by atoms with Crippen molar-refractivity contribution in [2.24, 2.45) is 0 Å². The molecule has 1 aromatic rings. The summed E-state index contributed by atoms with van der Waals surface area (Å²) in [6, 6.07) is 8.29. The SMILES string of the molecule is CCCN(CC)CCOc1ccccc1CNCC. The van der Waals surface area contributed by atoms with E-state index in [-0.39, 0.29) is 0 Å². The lowest BCUT2D eigenvalue weighted by molar-refractivity contribution is 0.214. The summed E-state index contributed by atoms with van der Waals surface area (Å²) in [5, 5.41) is 3.35. The molecule has 3 heteroatoms. The normalized spacial score (nSPS) is 10.9. The molecule has 0 amide bonds. The van der Waals surface area contributed by atoms with Crippen LogP contribution in [0.1, 0.15) is 32.8 Å². The molecule has 0 bridgehead atoms. The highest BCUT2D eigenvalue weighted by molar-refractivity contribution is 5.33. The standard InChI is InChI=1S/C16H28N2O/c1-4-11-18(6-3)12-13-19-16-10-8-7-9-15(16)14-17-5-2/h7-10,17H,4-6,11-14H2,1-3H3. The summed E-state index contributed by atoms with van der Waals surface area (Å²) in [4.78, 5) is 2.42. The summed E-state index contributed by atoms with van der Waals surface area (Å²) in [6.07, 6.45) is 1.20. The Morgan fingerprint density at radius 2 is 1.89 bits per heavy atom. The van der Waals surface area contributed by atoms with Crippen molar-refractivity contribution >= 4 is 0 Å². The van der Waals surface area contributed by atoms with E-state index in [1.807, 2.05) is 6.07 Å². The van der Waals surface area contributed by atoms with Crippen LogP contribution in [0.25, 0.3) is 0 Å². The van der Waals surface area contributed by atoms with Gasteiger partial charge >= 0.3 is 0 Å². The Kier molecular flexibility index (Phi) is 8.26. The summed E-state index contributed by atoms with van der Waals surface area (Å²) in [7, 11) is 0. The van der Waals surface area contributed by atoms with Crippen molar-refractivity contribution in [2.75, 3.05) is 32.8 Å². The first-order chi connectivity index (χ1) is 9.31. The summed E-state index contributed by atoms with van der Waals surface area (Å²) in [6.45, 7) is 12.4. The molecule has 19 heavy (non-hydrogen) atoms. The van der Waals surface area contributed by atoms with Crippen molar-refractivity contribution in [1.82, 2.24) is 10.2 Å². The topological polar surface area (TPSA) is 24.5 Å². The number of hydrogen-bond acceptors (Lipinski definition) is 3. The predicted molar refractivity (Wildman–Crippen MR) is 81.7 cm³/mol. The van der Waals surface area contributed by atoms with Crippen molar-refractivity contribution in [2.45, 2.75) is 33.7 Å². The summed E-state index contributed by atoms with van der Waals surface area (Å²) in [5.41, 5.74) is 1.24. The minimum Gasteiger partial charge on any atom is -0.492 e. The zero-order valence-electron chi connectivity index (χ0n) is 12.6. The third-order valence-corrected chi connectivity index (χ3v) is 3.19. The molecule has 108 valence electrons. The smallest absolute Gasteiger partial charge is 0.123 e. The van der Waals surface area contributed by atoms with Crippen LogP contribution in [0.5, 0.6) is 5.75 Å². The number of rotatable bonds is 10. The highest BCUT2D eigenvalue weighted by Gasteiger charge is 2.04. The minimum atomic E-state index is 0.761. The Morgan fingerprint density at radius 3 is 2.58 bits per heavy atom. The predicted octanol–water partition coefficient (Wildman–Crippen LogP) is 2.91. The Morgan fingerprint density at radius 1 is 1.11 bits per heavy atom. The van der Waals surface area contributed by atoms with Crippen LogP contribution in [0, 0.1) is 0 Å². The van der Waals surface area contributed by atoms with E-state index in [2.05, 4.69) is 49.2 Å². The fourth-order valence-corrected chi connectivity index (χ4v) is 2.08. The third-order valence-electron chi connectivity index (χ3n) is 3.19. The van der Waals surface area contributed by atoms with E-state index < -0.39 is 0 Å². The van der Waals surface area contributed by atoms with E-state index in [4.69, 9.17) is 4.74 Å². The van der Waals surface area contributed by atoms with Gasteiger partial charge in [0.2, 0.25) is 0 Å². The molecule has 0 aromatic heterocycles. The molecule has 0 saturated carbocycles. The van der Waals surface area contributed by atoms with E-state index in [0.29, 0.717) is 0 Å². The molecule has 0 aliphatic carbocycles. The molecular formula is C16H28N2O. The molecule has 0 aliphatic rings. The van der Waals surface area contributed by atoms with Crippen molar-refractivity contribution < 1.29 is 4.74 Å². The first kappa shape index (κ1) is 16.0. The molecule has 0 aliphatic heterocycles. The third kappa shape index (κ3) is 6.08. The van der Waals surface area contributed by atoms with Gasteiger partial charge in [0.05, 0.1) is 0 Å². The summed E-state index contributed by atoms with van der Waals surface area (Å²) >= 11 is 0. The second-order valence-corrected chi connectivity index (χ2v) is 4.67. The zero-order chi connectivity index (χ0) is 13.9. The van der Waals surface area contributed by atoms with Gasteiger partial charge in [-0.05, 0) is 32.1 Å². The van der Waals surface area contributed by atoms with Crippen molar-refractivity contribution in [3.05, 3.63) is 29.8 Å². The Hall–Kier alpha value is -1.06. The largest absolute Gasteiger partial charge is 0.492 e. The molecule has 0 fully saturated rings. The number of hydrogen-bond donors (Lipinski definition) is 1. The average molecular weight is 264 g/mol. The fourth-order valence-electron chi connectivity index (χ4n) is 2.08. The highest BCUT2D eigenvalue weighted by atomic mass is 16.5. The molecule has 1 N–H and O–H groups in total. The van der Waals surface area contributed by atoms with Crippen LogP contribution in [0.4, 0.5) is 0 Å². The zero-order valence-corrected chi connectivity index (χ0v) is 12.6. The summed E-state index contributed by atoms with van der Waals surface area (Å²) in [5.74, 6) is 1.01. The van der Waals surface area contributed by atoms with Crippen LogP contribution in [0.2, 0.25) is 0 Å². The van der Waals surface area contributed by atoms with Gasteiger partial charge in [-0.2, -0.15) is 0 Å². The molecule has 1 aromatic carbocycles. The van der Waals surface area contributed by atoms with Gasteiger partial charge in [-0.25, -0.2) is 0 Å². The van der Waals surface area contributed by atoms with Gasteiger partial charge in [-0.3, -0.25) is 0 Å². The Bertz CT molecular complexity index is 341. The molecule has 0 saturated heterocycles. The molecule has 0 atom stereocenters. The van der Waals surface area contributed by atoms with E-state index in [1.54, 1.807) is 0 Å². The van der Waals surface area contributed by atoms with Gasteiger partial charge < -0.3 is 15.0 Å². The minimum absolute atomic E-state index is 0.761. The fraction of sp³-hybridized carbons (Fsp3) is 0.625. The van der Waals surface area contributed by atoms with Gasteiger partial charge in [0.25, 0.3) is 0 Å². The lowest BCUT2D eigenvalue weighted by Gasteiger charge is -2.20. The van der Waals surface area contributed by atoms with Crippen molar-refractivity contribution in [3.63, 3.8) is 0 Å². The average Bonchev–Trinajstić information content (AvgIpc) is 2.45. The van der Waals surface area contributed by atoms with Crippen LogP contribution in [-0.4, -0.2) is 37.7 Å². The lowest BCUT2D eigenvalue weighted by Crippen LogP contribution is -2.29. The van der Waals surface area contributed by atoms with E-state index in [1.165, 1.54) is 12.0 Å². The van der Waals surface area contributed by atoms with Gasteiger partial charge in [-0.15, -0.1) is 0 Å². The van der Waals surface area contributed by atoms with E-state index in [0.717, 1.165) is 45.1 Å². The van der Waals surface area contributed by atoms with Crippen LogP contribution >= 0.6 is 0 Å². The molecule has 0 unspecified atom stereocenters. The maximum atomic E-state index is 5.93.